The van der Waals surface area contributed by atoms with E-state index in [4.69, 9.17) is 0 Å². The van der Waals surface area contributed by atoms with Gasteiger partial charge in [-0.05, 0) is 24.3 Å². The molecule has 0 aliphatic carbocycles. The van der Waals surface area contributed by atoms with Crippen LogP contribution in [0.5, 0.6) is 0 Å². The Labute approximate surface area is 123 Å². The summed E-state index contributed by atoms with van der Waals surface area (Å²) >= 11 is 0. The van der Waals surface area contributed by atoms with E-state index in [-0.39, 0.29) is 6.03 Å². The second-order valence-corrected chi connectivity index (χ2v) is 4.80. The molecule has 2 aromatic heterocycles. The van der Waals surface area contributed by atoms with E-state index >= 15 is 0 Å². The second-order valence-electron chi connectivity index (χ2n) is 4.80. The smallest absolute Gasteiger partial charge is 0.294 e. The molecule has 2 heterocycles. The predicted octanol–water partition coefficient (Wildman–Crippen LogP) is 2.86. The van der Waals surface area contributed by atoms with Gasteiger partial charge in [0.2, 0.25) is 0 Å². The van der Waals surface area contributed by atoms with Crippen molar-refractivity contribution in [3.05, 3.63) is 61.1 Å². The highest BCUT2D eigenvalue weighted by Gasteiger charge is 2.18. The molecule has 1 aromatic carbocycles. The number of amides is 2. The van der Waals surface area contributed by atoms with Crippen LogP contribution in [0.3, 0.4) is 0 Å². The Kier molecular flexibility index (Phi) is 3.31. The fourth-order valence-corrected chi connectivity index (χ4v) is 2.30. The van der Waals surface area contributed by atoms with Crippen LogP contribution in [-0.4, -0.2) is 29.8 Å². The quantitative estimate of drug-likeness (QED) is 0.724. The number of pyridine rings is 1. The van der Waals surface area contributed by atoms with E-state index in [1.165, 1.54) is 0 Å². The molecule has 0 unspecified atom stereocenters. The number of nitrogens with zero attached hydrogens (tertiary/aromatic N) is 4. The number of hydrogen-bond acceptors (Lipinski definition) is 2. The summed E-state index contributed by atoms with van der Waals surface area (Å²) in [5.74, 6) is 0. The van der Waals surface area contributed by atoms with Crippen molar-refractivity contribution in [1.82, 2.24) is 9.66 Å². The van der Waals surface area contributed by atoms with Crippen molar-refractivity contribution in [2.75, 3.05) is 24.0 Å². The molecule has 5 heteroatoms. The van der Waals surface area contributed by atoms with Crippen LogP contribution in [0.1, 0.15) is 0 Å². The number of aromatic nitrogens is 2. The van der Waals surface area contributed by atoms with E-state index in [0.717, 1.165) is 16.6 Å². The summed E-state index contributed by atoms with van der Waals surface area (Å²) in [4.78, 5) is 18.2. The Morgan fingerprint density at radius 3 is 2.67 bits per heavy atom. The zero-order valence-corrected chi connectivity index (χ0v) is 12.0. The Morgan fingerprint density at radius 1 is 1.10 bits per heavy atom. The fraction of sp³-hybridized carbons (Fsp3) is 0.125. The number of benzene rings is 1. The van der Waals surface area contributed by atoms with Gasteiger partial charge in [0.1, 0.15) is 0 Å². The third kappa shape index (κ3) is 2.33. The summed E-state index contributed by atoms with van der Waals surface area (Å²) in [6.07, 6.45) is 5.24. The van der Waals surface area contributed by atoms with Gasteiger partial charge in [-0.25, -0.2) is 9.80 Å². The summed E-state index contributed by atoms with van der Waals surface area (Å²) in [6, 6.07) is 13.5. The van der Waals surface area contributed by atoms with Gasteiger partial charge < -0.3 is 0 Å². The molecule has 0 N–H and O–H groups in total. The highest BCUT2D eigenvalue weighted by Crippen LogP contribution is 2.17. The fourth-order valence-electron chi connectivity index (χ4n) is 2.30. The topological polar surface area (TPSA) is 41.4 Å². The van der Waals surface area contributed by atoms with Crippen LogP contribution in [0.4, 0.5) is 10.5 Å². The van der Waals surface area contributed by atoms with Gasteiger partial charge in [0.15, 0.2) is 0 Å². The lowest BCUT2D eigenvalue weighted by Crippen LogP contribution is -2.44. The van der Waals surface area contributed by atoms with Crippen molar-refractivity contribution >= 4 is 22.6 Å². The van der Waals surface area contributed by atoms with Crippen LogP contribution < -0.4 is 9.91 Å². The molecule has 3 aromatic rings. The Balaban J connectivity index is 1.91. The zero-order chi connectivity index (χ0) is 14.8. The van der Waals surface area contributed by atoms with E-state index < -0.39 is 0 Å². The van der Waals surface area contributed by atoms with Gasteiger partial charge >= 0.3 is 6.03 Å². The molecule has 0 saturated heterocycles. The number of fused-ring (bicyclic) bond motifs is 1. The van der Waals surface area contributed by atoms with E-state index in [9.17, 15) is 4.79 Å². The SMILES string of the molecule is CN(C(=O)N(C)n1ccc2ccccc21)c1cccnc1. The Bertz CT molecular complexity index is 766. The molecule has 0 spiro atoms. The van der Waals surface area contributed by atoms with Crippen molar-refractivity contribution < 1.29 is 4.79 Å². The molecular formula is C16H16N4O. The average Bonchev–Trinajstić information content (AvgIpc) is 2.97. The molecule has 5 nitrogen and oxygen atoms in total. The molecule has 0 radical (unpaired) electrons. The van der Waals surface area contributed by atoms with E-state index in [2.05, 4.69) is 4.98 Å². The minimum absolute atomic E-state index is 0.135. The van der Waals surface area contributed by atoms with Gasteiger partial charge in [-0.3, -0.25) is 14.6 Å². The summed E-state index contributed by atoms with van der Waals surface area (Å²) in [5, 5.41) is 2.68. The third-order valence-corrected chi connectivity index (χ3v) is 3.50. The van der Waals surface area contributed by atoms with E-state index in [1.54, 1.807) is 36.4 Å². The van der Waals surface area contributed by atoms with Gasteiger partial charge in [-0.15, -0.1) is 0 Å². The van der Waals surface area contributed by atoms with Gasteiger partial charge in [0.25, 0.3) is 0 Å². The molecule has 106 valence electrons. The first-order chi connectivity index (χ1) is 10.2. The standard InChI is InChI=1S/C16H16N4O/c1-18(14-7-5-10-17-12-14)16(21)19(2)20-11-9-13-6-3-4-8-15(13)20/h3-12H,1-2H3. The maximum Gasteiger partial charge on any atom is 0.343 e. The molecule has 0 saturated carbocycles. The molecular weight excluding hydrogens is 264 g/mol. The van der Waals surface area contributed by atoms with Crippen LogP contribution in [-0.2, 0) is 0 Å². The normalized spacial score (nSPS) is 10.6. The molecule has 0 bridgehead atoms. The molecule has 21 heavy (non-hydrogen) atoms. The maximum absolute atomic E-state index is 12.6. The van der Waals surface area contributed by atoms with Gasteiger partial charge in [-0.1, -0.05) is 18.2 Å². The number of hydrogen-bond donors (Lipinski definition) is 0. The van der Waals surface area contributed by atoms with Gasteiger partial charge in [0.05, 0.1) is 17.4 Å². The molecule has 3 rings (SSSR count). The van der Waals surface area contributed by atoms with Gasteiger partial charge in [-0.2, -0.15) is 0 Å². The van der Waals surface area contributed by atoms with Crippen molar-refractivity contribution in [3.8, 4) is 0 Å². The molecule has 0 aliphatic heterocycles. The van der Waals surface area contributed by atoms with Crippen LogP contribution in [0.2, 0.25) is 0 Å². The highest BCUT2D eigenvalue weighted by atomic mass is 16.2. The van der Waals surface area contributed by atoms with Crippen molar-refractivity contribution in [2.45, 2.75) is 0 Å². The third-order valence-electron chi connectivity index (χ3n) is 3.50. The van der Waals surface area contributed by atoms with Gasteiger partial charge in [0, 0.05) is 31.9 Å². The van der Waals surface area contributed by atoms with Crippen molar-refractivity contribution in [2.24, 2.45) is 0 Å². The minimum atomic E-state index is -0.135. The number of carbonyl (C=O) groups is 1. The largest absolute Gasteiger partial charge is 0.343 e. The first kappa shape index (κ1) is 13.2. The maximum atomic E-state index is 12.6. The average molecular weight is 280 g/mol. The number of urea groups is 1. The monoisotopic (exact) mass is 280 g/mol. The number of rotatable bonds is 2. The highest BCUT2D eigenvalue weighted by molar-refractivity contribution is 5.99. The van der Waals surface area contributed by atoms with Crippen LogP contribution in [0.15, 0.2) is 61.1 Å². The first-order valence-corrected chi connectivity index (χ1v) is 6.66. The Hall–Kier alpha value is -2.82. The first-order valence-electron chi connectivity index (χ1n) is 6.66. The second kappa shape index (κ2) is 5.28. The molecule has 0 atom stereocenters. The lowest BCUT2D eigenvalue weighted by Gasteiger charge is -2.26. The van der Waals surface area contributed by atoms with Crippen LogP contribution in [0.25, 0.3) is 10.9 Å². The summed E-state index contributed by atoms with van der Waals surface area (Å²) in [7, 11) is 3.49. The minimum Gasteiger partial charge on any atom is -0.294 e. The van der Waals surface area contributed by atoms with Crippen LogP contribution >= 0.6 is 0 Å². The Morgan fingerprint density at radius 2 is 1.90 bits per heavy atom. The molecule has 2 amide bonds. The molecule has 0 fully saturated rings. The zero-order valence-electron chi connectivity index (χ0n) is 12.0. The number of para-hydroxylation sites is 1. The number of carbonyl (C=O) groups excluding carboxylic acids is 1. The van der Waals surface area contributed by atoms with Crippen LogP contribution in [0, 0.1) is 0 Å². The summed E-state index contributed by atoms with van der Waals surface area (Å²) < 4.78 is 1.84. The number of anilines is 1. The van der Waals surface area contributed by atoms with E-state index in [1.807, 2.05) is 53.3 Å². The predicted molar refractivity (Wildman–Crippen MR) is 84.1 cm³/mol. The van der Waals surface area contributed by atoms with E-state index in [0.29, 0.717) is 0 Å². The summed E-state index contributed by atoms with van der Waals surface area (Å²) in [5.41, 5.74) is 1.75. The summed E-state index contributed by atoms with van der Waals surface area (Å²) in [6.45, 7) is 0. The molecule has 0 aliphatic rings. The van der Waals surface area contributed by atoms with Crippen molar-refractivity contribution in [1.29, 1.82) is 0 Å². The lowest BCUT2D eigenvalue weighted by atomic mass is 10.3. The van der Waals surface area contributed by atoms with Crippen molar-refractivity contribution in [3.63, 3.8) is 0 Å². The lowest BCUT2D eigenvalue weighted by molar-refractivity contribution is 0.249.